The first-order valence-electron chi connectivity index (χ1n) is 8.03. The molecule has 0 fully saturated rings. The lowest BCUT2D eigenvalue weighted by molar-refractivity contribution is -0.0436. The minimum atomic E-state index is -5.55. The summed E-state index contributed by atoms with van der Waals surface area (Å²) in [6, 6.07) is 5.93. The van der Waals surface area contributed by atoms with Gasteiger partial charge in [-0.1, -0.05) is 0 Å². The van der Waals surface area contributed by atoms with Crippen LogP contribution < -0.4 is 5.69 Å². The van der Waals surface area contributed by atoms with Gasteiger partial charge in [-0.3, -0.25) is 4.57 Å². The number of sulfone groups is 1. The molecule has 0 spiro atoms. The number of imidazole rings is 1. The van der Waals surface area contributed by atoms with E-state index in [4.69, 9.17) is 5.11 Å². The molecule has 0 amide bonds. The van der Waals surface area contributed by atoms with Gasteiger partial charge in [0.2, 0.25) is 5.88 Å². The van der Waals surface area contributed by atoms with E-state index in [1.54, 1.807) is 0 Å². The highest BCUT2D eigenvalue weighted by molar-refractivity contribution is 7.92. The second kappa shape index (κ2) is 7.33. The van der Waals surface area contributed by atoms with E-state index < -0.39 is 37.8 Å². The average Bonchev–Trinajstić information content (AvgIpc) is 2.94. The number of hydrogen-bond acceptors (Lipinski definition) is 6. The van der Waals surface area contributed by atoms with Gasteiger partial charge in [0.25, 0.3) is 9.84 Å². The first-order chi connectivity index (χ1) is 13.9. The maximum atomic E-state index is 12.6. The molecule has 9 nitrogen and oxygen atoms in total. The van der Waals surface area contributed by atoms with Gasteiger partial charge in [-0.25, -0.2) is 27.6 Å². The van der Waals surface area contributed by atoms with Gasteiger partial charge in [0, 0.05) is 6.20 Å². The summed E-state index contributed by atoms with van der Waals surface area (Å²) in [7, 11) is -5.55. The molecule has 0 radical (unpaired) electrons. The maximum absolute atomic E-state index is 12.6. The van der Waals surface area contributed by atoms with Crippen molar-refractivity contribution in [2.75, 3.05) is 0 Å². The Labute approximate surface area is 166 Å². The lowest BCUT2D eigenvalue weighted by Crippen LogP contribution is -2.24. The molecule has 13 heteroatoms. The van der Waals surface area contributed by atoms with Gasteiger partial charge in [0.15, 0.2) is 0 Å². The Morgan fingerprint density at radius 2 is 1.77 bits per heavy atom. The summed E-state index contributed by atoms with van der Waals surface area (Å²) in [5.41, 5.74) is -6.18. The quantitative estimate of drug-likeness (QED) is 0.614. The molecule has 0 atom stereocenters. The molecule has 2 aromatic heterocycles. The SMILES string of the molecule is O=C(O)c1cc(Cn2cc(O)n(-c3ccc(S(=O)(=O)C(F)(F)F)cc3)c2=O)ccn1. The molecular weight excluding hydrogens is 431 g/mol. The predicted molar refractivity (Wildman–Crippen MR) is 95.2 cm³/mol. The molecule has 0 bridgehead atoms. The number of nitrogens with zero attached hydrogens (tertiary/aromatic N) is 3. The highest BCUT2D eigenvalue weighted by atomic mass is 32.2. The van der Waals surface area contributed by atoms with Crippen LogP contribution >= 0.6 is 0 Å². The highest BCUT2D eigenvalue weighted by Gasteiger charge is 2.46. The van der Waals surface area contributed by atoms with Crippen LogP contribution in [-0.4, -0.2) is 44.2 Å². The van der Waals surface area contributed by atoms with E-state index in [-0.39, 0.29) is 17.9 Å². The van der Waals surface area contributed by atoms with Crippen molar-refractivity contribution < 1.29 is 36.6 Å². The molecule has 0 saturated heterocycles. The Hall–Kier alpha value is -3.61. The van der Waals surface area contributed by atoms with E-state index in [1.165, 1.54) is 18.3 Å². The lowest BCUT2D eigenvalue weighted by Gasteiger charge is -2.09. The zero-order chi connectivity index (χ0) is 22.3. The van der Waals surface area contributed by atoms with E-state index in [0.29, 0.717) is 17.7 Å². The predicted octanol–water partition coefficient (Wildman–Crippen LogP) is 1.78. The molecule has 2 N–H and O–H groups in total. The summed E-state index contributed by atoms with van der Waals surface area (Å²) in [6.45, 7) is -0.122. The van der Waals surface area contributed by atoms with Crippen LogP contribution in [0.1, 0.15) is 16.1 Å². The smallest absolute Gasteiger partial charge is 0.493 e. The van der Waals surface area contributed by atoms with Crippen LogP contribution in [0.4, 0.5) is 13.2 Å². The van der Waals surface area contributed by atoms with Crippen molar-refractivity contribution in [2.24, 2.45) is 0 Å². The van der Waals surface area contributed by atoms with Gasteiger partial charge in [-0.15, -0.1) is 0 Å². The Bertz CT molecular complexity index is 1280. The zero-order valence-electron chi connectivity index (χ0n) is 14.7. The summed E-state index contributed by atoms with van der Waals surface area (Å²) in [6.07, 6.45) is 2.28. The number of benzene rings is 1. The molecule has 3 rings (SSSR count). The number of halogens is 3. The van der Waals surface area contributed by atoms with E-state index in [0.717, 1.165) is 27.5 Å². The Morgan fingerprint density at radius 3 is 2.33 bits per heavy atom. The molecule has 158 valence electrons. The van der Waals surface area contributed by atoms with Gasteiger partial charge in [0.1, 0.15) is 5.69 Å². The van der Waals surface area contributed by atoms with Gasteiger partial charge < -0.3 is 10.2 Å². The Balaban J connectivity index is 1.96. The number of pyridine rings is 1. The molecular formula is C17H12F3N3O6S. The van der Waals surface area contributed by atoms with Crippen LogP contribution in [-0.2, 0) is 16.4 Å². The fourth-order valence-electron chi connectivity index (χ4n) is 2.63. The topological polar surface area (TPSA) is 131 Å². The molecule has 30 heavy (non-hydrogen) atoms. The third-order valence-electron chi connectivity index (χ3n) is 4.04. The van der Waals surface area contributed by atoms with Crippen molar-refractivity contribution in [3.05, 3.63) is 70.5 Å². The van der Waals surface area contributed by atoms with Crippen molar-refractivity contribution in [3.8, 4) is 11.6 Å². The molecule has 0 aliphatic heterocycles. The average molecular weight is 443 g/mol. The number of alkyl halides is 3. The first kappa shape index (κ1) is 21.1. The summed E-state index contributed by atoms with van der Waals surface area (Å²) in [4.78, 5) is 26.2. The molecule has 1 aromatic carbocycles. The first-order valence-corrected chi connectivity index (χ1v) is 9.51. The van der Waals surface area contributed by atoms with Crippen molar-refractivity contribution in [2.45, 2.75) is 16.9 Å². The molecule has 0 unspecified atom stereocenters. The summed E-state index contributed by atoms with van der Waals surface area (Å²) < 4.78 is 62.5. The van der Waals surface area contributed by atoms with E-state index in [1.807, 2.05) is 0 Å². The largest absolute Gasteiger partial charge is 0.501 e. The van der Waals surface area contributed by atoms with Crippen LogP contribution in [0.2, 0.25) is 0 Å². The lowest BCUT2D eigenvalue weighted by atomic mass is 10.2. The summed E-state index contributed by atoms with van der Waals surface area (Å²) in [5.74, 6) is -1.82. The van der Waals surface area contributed by atoms with Crippen LogP contribution in [0.3, 0.4) is 0 Å². The van der Waals surface area contributed by atoms with Crippen molar-refractivity contribution in [1.82, 2.24) is 14.1 Å². The van der Waals surface area contributed by atoms with Crippen LogP contribution in [0.15, 0.2) is 58.5 Å². The van der Waals surface area contributed by atoms with Gasteiger partial charge in [-0.2, -0.15) is 13.2 Å². The zero-order valence-corrected chi connectivity index (χ0v) is 15.6. The number of aromatic carboxylic acids is 1. The maximum Gasteiger partial charge on any atom is 0.501 e. The summed E-state index contributed by atoms with van der Waals surface area (Å²) >= 11 is 0. The molecule has 3 aromatic rings. The monoisotopic (exact) mass is 443 g/mol. The fourth-order valence-corrected chi connectivity index (χ4v) is 3.39. The van der Waals surface area contributed by atoms with Crippen molar-refractivity contribution in [3.63, 3.8) is 0 Å². The number of carboxylic acid groups (broad SMARTS) is 1. The molecule has 2 heterocycles. The van der Waals surface area contributed by atoms with E-state index >= 15 is 0 Å². The number of hydrogen-bond donors (Lipinski definition) is 2. The minimum Gasteiger partial charge on any atom is -0.493 e. The van der Waals surface area contributed by atoms with Crippen LogP contribution in [0.25, 0.3) is 5.69 Å². The molecule has 0 aliphatic rings. The highest BCUT2D eigenvalue weighted by Crippen LogP contribution is 2.30. The van der Waals surface area contributed by atoms with Gasteiger partial charge in [-0.05, 0) is 42.0 Å². The van der Waals surface area contributed by atoms with Gasteiger partial charge >= 0.3 is 17.2 Å². The van der Waals surface area contributed by atoms with Crippen LogP contribution in [0.5, 0.6) is 5.88 Å². The number of carboxylic acids is 1. The third-order valence-corrected chi connectivity index (χ3v) is 5.55. The summed E-state index contributed by atoms with van der Waals surface area (Å²) in [5, 5.41) is 19.1. The Morgan fingerprint density at radius 1 is 1.13 bits per heavy atom. The van der Waals surface area contributed by atoms with Crippen molar-refractivity contribution >= 4 is 15.8 Å². The van der Waals surface area contributed by atoms with E-state index in [2.05, 4.69) is 4.98 Å². The fraction of sp³-hybridized carbons (Fsp3) is 0.118. The minimum absolute atomic E-state index is 0.0710. The number of rotatable bonds is 5. The third kappa shape index (κ3) is 3.78. The standard InChI is InChI=1S/C17H12F3N3O6S/c18-17(19,20)30(28,29)12-3-1-11(2-4-12)23-14(24)9-22(16(23)27)8-10-5-6-21-13(7-10)15(25)26/h1-7,9,24H,8H2,(H,25,26). The molecule has 0 saturated carbocycles. The number of aromatic hydroxyl groups is 1. The van der Waals surface area contributed by atoms with Crippen LogP contribution in [0, 0.1) is 0 Å². The van der Waals surface area contributed by atoms with E-state index in [9.17, 15) is 36.3 Å². The molecule has 0 aliphatic carbocycles. The second-order valence-corrected chi connectivity index (χ2v) is 7.97. The van der Waals surface area contributed by atoms with Gasteiger partial charge in [0.05, 0.1) is 23.3 Å². The second-order valence-electron chi connectivity index (χ2n) is 6.03. The van der Waals surface area contributed by atoms with Crippen molar-refractivity contribution in [1.29, 1.82) is 0 Å². The number of aromatic nitrogens is 3. The number of carbonyl (C=O) groups is 1. The normalized spacial score (nSPS) is 12.1. The Kier molecular flexibility index (Phi) is 5.16.